The van der Waals surface area contributed by atoms with Gasteiger partial charge in [-0.05, 0) is 48.4 Å². The molecule has 0 aliphatic carbocycles. The second-order valence-electron chi connectivity index (χ2n) is 5.09. The SMILES string of the molecule is Nc1ccc(-c2nc3cc(C[C@H](N)C(=O)O)ccc3o2)cc1. The van der Waals surface area contributed by atoms with Crippen molar-refractivity contribution in [3.05, 3.63) is 48.0 Å². The van der Waals surface area contributed by atoms with Gasteiger partial charge in [-0.3, -0.25) is 4.79 Å². The van der Waals surface area contributed by atoms with Gasteiger partial charge in [0, 0.05) is 11.3 Å². The van der Waals surface area contributed by atoms with Crippen LogP contribution in [0.3, 0.4) is 0 Å². The van der Waals surface area contributed by atoms with E-state index in [2.05, 4.69) is 4.98 Å². The first-order valence-electron chi connectivity index (χ1n) is 6.77. The van der Waals surface area contributed by atoms with Crippen molar-refractivity contribution < 1.29 is 14.3 Å². The van der Waals surface area contributed by atoms with Crippen molar-refractivity contribution in [2.24, 2.45) is 5.73 Å². The maximum Gasteiger partial charge on any atom is 0.320 e. The molecule has 6 heteroatoms. The minimum absolute atomic E-state index is 0.245. The number of aliphatic carboxylic acids is 1. The number of carboxylic acids is 1. The molecule has 3 rings (SSSR count). The quantitative estimate of drug-likeness (QED) is 0.635. The van der Waals surface area contributed by atoms with Gasteiger partial charge >= 0.3 is 5.97 Å². The first-order chi connectivity index (χ1) is 10.5. The molecule has 0 amide bonds. The highest BCUT2D eigenvalue weighted by Gasteiger charge is 2.14. The number of carboxylic acid groups (broad SMARTS) is 1. The third-order valence-electron chi connectivity index (χ3n) is 3.38. The number of carbonyl (C=O) groups is 1. The van der Waals surface area contributed by atoms with E-state index in [-0.39, 0.29) is 6.42 Å². The van der Waals surface area contributed by atoms with E-state index in [0.29, 0.717) is 22.7 Å². The summed E-state index contributed by atoms with van der Waals surface area (Å²) in [6.07, 6.45) is 0.245. The number of rotatable bonds is 4. The molecule has 1 heterocycles. The second-order valence-corrected chi connectivity index (χ2v) is 5.09. The Morgan fingerprint density at radius 2 is 1.95 bits per heavy atom. The first kappa shape index (κ1) is 14.1. The van der Waals surface area contributed by atoms with E-state index in [9.17, 15) is 4.79 Å². The third kappa shape index (κ3) is 2.77. The van der Waals surface area contributed by atoms with Crippen LogP contribution in [0.1, 0.15) is 5.56 Å². The fraction of sp³-hybridized carbons (Fsp3) is 0.125. The summed E-state index contributed by atoms with van der Waals surface area (Å²) in [5.74, 6) is -0.530. The lowest BCUT2D eigenvalue weighted by Crippen LogP contribution is -2.32. The van der Waals surface area contributed by atoms with Crippen molar-refractivity contribution in [2.45, 2.75) is 12.5 Å². The lowest BCUT2D eigenvalue weighted by molar-refractivity contribution is -0.138. The average Bonchev–Trinajstić information content (AvgIpc) is 2.91. The van der Waals surface area contributed by atoms with Crippen LogP contribution in [0.5, 0.6) is 0 Å². The molecule has 0 bridgehead atoms. The van der Waals surface area contributed by atoms with Gasteiger partial charge in [0.25, 0.3) is 0 Å². The zero-order valence-electron chi connectivity index (χ0n) is 11.7. The molecule has 1 atom stereocenters. The topological polar surface area (TPSA) is 115 Å². The second kappa shape index (κ2) is 5.50. The Labute approximate surface area is 126 Å². The number of nitrogen functional groups attached to an aromatic ring is 1. The Morgan fingerprint density at radius 3 is 2.64 bits per heavy atom. The van der Waals surface area contributed by atoms with Crippen LogP contribution in [0, 0.1) is 0 Å². The van der Waals surface area contributed by atoms with E-state index >= 15 is 0 Å². The number of fused-ring (bicyclic) bond motifs is 1. The maximum atomic E-state index is 10.8. The number of hydrogen-bond donors (Lipinski definition) is 3. The average molecular weight is 297 g/mol. The molecule has 0 spiro atoms. The van der Waals surface area contributed by atoms with Crippen LogP contribution in [0.4, 0.5) is 5.69 Å². The molecule has 0 aliphatic rings. The summed E-state index contributed by atoms with van der Waals surface area (Å²) in [6, 6.07) is 11.7. The molecule has 0 saturated carbocycles. The highest BCUT2D eigenvalue weighted by molar-refractivity contribution is 5.78. The number of hydrogen-bond acceptors (Lipinski definition) is 5. The minimum Gasteiger partial charge on any atom is -0.480 e. The van der Waals surface area contributed by atoms with E-state index in [1.54, 1.807) is 30.3 Å². The van der Waals surface area contributed by atoms with Crippen LogP contribution in [0.25, 0.3) is 22.6 Å². The maximum absolute atomic E-state index is 10.8. The minimum atomic E-state index is -1.03. The molecule has 0 radical (unpaired) electrons. The van der Waals surface area contributed by atoms with Gasteiger partial charge in [0.1, 0.15) is 11.6 Å². The predicted molar refractivity (Wildman–Crippen MR) is 83.2 cm³/mol. The Morgan fingerprint density at radius 1 is 1.23 bits per heavy atom. The van der Waals surface area contributed by atoms with Crippen LogP contribution in [-0.2, 0) is 11.2 Å². The Bertz CT molecular complexity index is 824. The number of aromatic nitrogens is 1. The van der Waals surface area contributed by atoms with E-state index in [4.69, 9.17) is 21.0 Å². The molecular weight excluding hydrogens is 282 g/mol. The van der Waals surface area contributed by atoms with E-state index < -0.39 is 12.0 Å². The predicted octanol–water partition coefficient (Wildman–Crippen LogP) is 2.03. The fourth-order valence-corrected chi connectivity index (χ4v) is 2.19. The van der Waals surface area contributed by atoms with Gasteiger partial charge in [0.2, 0.25) is 5.89 Å². The molecule has 22 heavy (non-hydrogen) atoms. The Balaban J connectivity index is 1.93. The van der Waals surface area contributed by atoms with Gasteiger partial charge in [0.15, 0.2) is 5.58 Å². The van der Waals surface area contributed by atoms with Crippen molar-refractivity contribution in [2.75, 3.05) is 5.73 Å². The number of nitrogens with zero attached hydrogens (tertiary/aromatic N) is 1. The van der Waals surface area contributed by atoms with Gasteiger partial charge in [-0.25, -0.2) is 4.98 Å². The van der Waals surface area contributed by atoms with Crippen molar-refractivity contribution in [3.8, 4) is 11.5 Å². The highest BCUT2D eigenvalue weighted by atomic mass is 16.4. The van der Waals surface area contributed by atoms with E-state index in [0.717, 1.165) is 11.1 Å². The van der Waals surface area contributed by atoms with Gasteiger partial charge in [-0.1, -0.05) is 6.07 Å². The molecule has 0 fully saturated rings. The summed E-state index contributed by atoms with van der Waals surface area (Å²) >= 11 is 0. The summed E-state index contributed by atoms with van der Waals surface area (Å²) in [6.45, 7) is 0. The summed E-state index contributed by atoms with van der Waals surface area (Å²) in [5.41, 5.74) is 14.8. The number of oxazole rings is 1. The molecule has 0 unspecified atom stereocenters. The summed E-state index contributed by atoms with van der Waals surface area (Å²) in [7, 11) is 0. The molecule has 5 N–H and O–H groups in total. The monoisotopic (exact) mass is 297 g/mol. The van der Waals surface area contributed by atoms with Crippen LogP contribution in [-0.4, -0.2) is 22.1 Å². The molecule has 2 aromatic carbocycles. The smallest absolute Gasteiger partial charge is 0.320 e. The van der Waals surface area contributed by atoms with Crippen molar-refractivity contribution in [1.82, 2.24) is 4.98 Å². The van der Waals surface area contributed by atoms with Gasteiger partial charge < -0.3 is 21.0 Å². The van der Waals surface area contributed by atoms with Gasteiger partial charge in [-0.15, -0.1) is 0 Å². The first-order valence-corrected chi connectivity index (χ1v) is 6.77. The fourth-order valence-electron chi connectivity index (χ4n) is 2.19. The van der Waals surface area contributed by atoms with Gasteiger partial charge in [0.05, 0.1) is 0 Å². The zero-order chi connectivity index (χ0) is 15.7. The molecule has 0 saturated heterocycles. The molecule has 6 nitrogen and oxygen atoms in total. The van der Waals surface area contributed by atoms with E-state index in [1.807, 2.05) is 12.1 Å². The van der Waals surface area contributed by atoms with Crippen molar-refractivity contribution >= 4 is 22.8 Å². The van der Waals surface area contributed by atoms with Crippen LogP contribution in [0.2, 0.25) is 0 Å². The summed E-state index contributed by atoms with van der Waals surface area (Å²) in [4.78, 5) is 15.2. The van der Waals surface area contributed by atoms with Crippen molar-refractivity contribution in [3.63, 3.8) is 0 Å². The Hall–Kier alpha value is -2.86. The standard InChI is InChI=1S/C16H15N3O3/c17-11-4-2-10(3-5-11)15-19-13-8-9(1-6-14(13)22-15)7-12(18)16(20)21/h1-6,8,12H,7,17-18H2,(H,20,21)/t12-/m0/s1. The normalized spacial score (nSPS) is 12.4. The molecule has 3 aromatic rings. The molecular formula is C16H15N3O3. The van der Waals surface area contributed by atoms with Crippen LogP contribution < -0.4 is 11.5 Å². The molecule has 1 aromatic heterocycles. The largest absolute Gasteiger partial charge is 0.480 e. The third-order valence-corrected chi connectivity index (χ3v) is 3.38. The van der Waals surface area contributed by atoms with Gasteiger partial charge in [-0.2, -0.15) is 0 Å². The van der Waals surface area contributed by atoms with Crippen LogP contribution in [0.15, 0.2) is 46.9 Å². The van der Waals surface area contributed by atoms with E-state index in [1.165, 1.54) is 0 Å². The lowest BCUT2D eigenvalue weighted by Gasteiger charge is -2.05. The number of benzene rings is 2. The summed E-state index contributed by atoms with van der Waals surface area (Å²) < 4.78 is 5.70. The van der Waals surface area contributed by atoms with Crippen molar-refractivity contribution in [1.29, 1.82) is 0 Å². The molecule has 112 valence electrons. The summed E-state index contributed by atoms with van der Waals surface area (Å²) in [5, 5.41) is 8.86. The number of anilines is 1. The molecule has 0 aliphatic heterocycles. The Kier molecular flexibility index (Phi) is 3.52. The van der Waals surface area contributed by atoms with Crippen LogP contribution >= 0.6 is 0 Å². The lowest BCUT2D eigenvalue weighted by atomic mass is 10.1. The number of nitrogens with two attached hydrogens (primary N) is 2. The highest BCUT2D eigenvalue weighted by Crippen LogP contribution is 2.25. The zero-order valence-corrected chi connectivity index (χ0v) is 11.7.